The van der Waals surface area contributed by atoms with Crippen LogP contribution in [0.15, 0.2) is 12.2 Å². The van der Waals surface area contributed by atoms with Crippen molar-refractivity contribution in [1.29, 1.82) is 0 Å². The Hall–Kier alpha value is -0.300. The second kappa shape index (κ2) is 4.55. The minimum absolute atomic E-state index is 0.678. The highest BCUT2D eigenvalue weighted by Gasteiger charge is 2.09. The first-order valence-corrected chi connectivity index (χ1v) is 4.55. The molecular weight excluding hydrogens is 136 g/mol. The van der Waals surface area contributed by atoms with E-state index in [4.69, 9.17) is 4.74 Å². The molecule has 0 spiro atoms. The van der Waals surface area contributed by atoms with Gasteiger partial charge in [0.25, 0.3) is 0 Å². The van der Waals surface area contributed by atoms with Crippen molar-refractivity contribution in [2.75, 3.05) is 13.2 Å². The molecule has 1 fully saturated rings. The second-order valence-electron chi connectivity index (χ2n) is 3.61. The topological polar surface area (TPSA) is 9.23 Å². The van der Waals surface area contributed by atoms with Crippen molar-refractivity contribution in [3.8, 4) is 0 Å². The zero-order valence-corrected chi connectivity index (χ0v) is 7.55. The minimum atomic E-state index is 0.678. The van der Waals surface area contributed by atoms with Gasteiger partial charge in [-0.05, 0) is 18.8 Å². The van der Waals surface area contributed by atoms with Crippen LogP contribution in [0.1, 0.15) is 26.7 Å². The molecule has 64 valence electrons. The Labute approximate surface area is 69.4 Å². The molecule has 0 aromatic carbocycles. The van der Waals surface area contributed by atoms with E-state index < -0.39 is 0 Å². The smallest absolute Gasteiger partial charge is 0.0528 e. The highest BCUT2D eigenvalue weighted by molar-refractivity contribution is 4.91. The van der Waals surface area contributed by atoms with Crippen LogP contribution in [-0.2, 0) is 4.74 Å². The molecule has 0 amide bonds. The fourth-order valence-corrected chi connectivity index (χ4v) is 1.30. The lowest BCUT2D eigenvalue weighted by molar-refractivity contribution is 0.0709. The van der Waals surface area contributed by atoms with E-state index in [1.54, 1.807) is 0 Å². The van der Waals surface area contributed by atoms with E-state index in [9.17, 15) is 0 Å². The Kier molecular flexibility index (Phi) is 3.64. The van der Waals surface area contributed by atoms with Crippen LogP contribution in [0.4, 0.5) is 0 Å². The molecule has 1 atom stereocenters. The molecule has 1 saturated heterocycles. The zero-order chi connectivity index (χ0) is 8.10. The van der Waals surface area contributed by atoms with Crippen LogP contribution in [0.2, 0.25) is 0 Å². The molecule has 0 aliphatic carbocycles. The standard InChI is InChI=1S/C10H18O/c1-9(2)5-6-10-4-3-7-11-8-10/h5-6,9-10H,3-4,7-8H2,1-2H3/b6-5-. The molecule has 0 aromatic rings. The summed E-state index contributed by atoms with van der Waals surface area (Å²) in [7, 11) is 0. The van der Waals surface area contributed by atoms with Crippen LogP contribution in [0.5, 0.6) is 0 Å². The molecule has 0 bridgehead atoms. The first-order chi connectivity index (χ1) is 5.29. The quantitative estimate of drug-likeness (QED) is 0.555. The Morgan fingerprint density at radius 3 is 2.82 bits per heavy atom. The Bertz CT molecular complexity index is 121. The van der Waals surface area contributed by atoms with Crippen molar-refractivity contribution in [1.82, 2.24) is 0 Å². The third kappa shape index (κ3) is 3.57. The summed E-state index contributed by atoms with van der Waals surface area (Å²) in [6.45, 7) is 6.32. The largest absolute Gasteiger partial charge is 0.381 e. The van der Waals surface area contributed by atoms with Crippen molar-refractivity contribution in [2.45, 2.75) is 26.7 Å². The monoisotopic (exact) mass is 154 g/mol. The summed E-state index contributed by atoms with van der Waals surface area (Å²) < 4.78 is 5.36. The van der Waals surface area contributed by atoms with E-state index in [0.717, 1.165) is 13.2 Å². The third-order valence-electron chi connectivity index (χ3n) is 1.96. The molecular formula is C10H18O. The fraction of sp³-hybridized carbons (Fsp3) is 0.800. The maximum absolute atomic E-state index is 5.36. The van der Waals surface area contributed by atoms with Crippen LogP contribution in [0, 0.1) is 11.8 Å². The van der Waals surface area contributed by atoms with E-state index in [1.807, 2.05) is 0 Å². The summed E-state index contributed by atoms with van der Waals surface area (Å²) in [5, 5.41) is 0. The summed E-state index contributed by atoms with van der Waals surface area (Å²) in [5.41, 5.74) is 0. The molecule has 1 aliphatic heterocycles. The van der Waals surface area contributed by atoms with E-state index in [2.05, 4.69) is 26.0 Å². The molecule has 1 heterocycles. The van der Waals surface area contributed by atoms with Gasteiger partial charge < -0.3 is 4.74 Å². The predicted octanol–water partition coefficient (Wildman–Crippen LogP) is 2.63. The van der Waals surface area contributed by atoms with Crippen LogP contribution in [0.25, 0.3) is 0 Å². The molecule has 1 heteroatoms. The van der Waals surface area contributed by atoms with Crippen molar-refractivity contribution >= 4 is 0 Å². The zero-order valence-electron chi connectivity index (χ0n) is 7.55. The Balaban J connectivity index is 2.23. The number of ether oxygens (including phenoxy) is 1. The van der Waals surface area contributed by atoms with Gasteiger partial charge in [0.1, 0.15) is 0 Å². The van der Waals surface area contributed by atoms with Gasteiger partial charge >= 0.3 is 0 Å². The van der Waals surface area contributed by atoms with Crippen LogP contribution in [0.3, 0.4) is 0 Å². The van der Waals surface area contributed by atoms with Gasteiger partial charge in [0, 0.05) is 12.5 Å². The van der Waals surface area contributed by atoms with Gasteiger partial charge in [0.15, 0.2) is 0 Å². The SMILES string of the molecule is CC(C)/C=C\C1CCCOC1. The average Bonchev–Trinajstić information content (AvgIpc) is 2.03. The van der Waals surface area contributed by atoms with E-state index in [0.29, 0.717) is 11.8 Å². The summed E-state index contributed by atoms with van der Waals surface area (Å²) in [6, 6.07) is 0. The molecule has 1 nitrogen and oxygen atoms in total. The van der Waals surface area contributed by atoms with Gasteiger partial charge in [0.05, 0.1) is 6.61 Å². The molecule has 11 heavy (non-hydrogen) atoms. The molecule has 1 rings (SSSR count). The highest BCUT2D eigenvalue weighted by atomic mass is 16.5. The lowest BCUT2D eigenvalue weighted by Crippen LogP contribution is -2.15. The molecule has 0 N–H and O–H groups in total. The average molecular weight is 154 g/mol. The highest BCUT2D eigenvalue weighted by Crippen LogP contribution is 2.15. The van der Waals surface area contributed by atoms with Gasteiger partial charge in [0.2, 0.25) is 0 Å². The molecule has 0 saturated carbocycles. The Morgan fingerprint density at radius 1 is 1.45 bits per heavy atom. The van der Waals surface area contributed by atoms with Gasteiger partial charge in [-0.25, -0.2) is 0 Å². The summed E-state index contributed by atoms with van der Waals surface area (Å²) in [6.07, 6.45) is 7.12. The summed E-state index contributed by atoms with van der Waals surface area (Å²) in [5.74, 6) is 1.36. The first-order valence-electron chi connectivity index (χ1n) is 4.55. The lowest BCUT2D eigenvalue weighted by Gasteiger charge is -2.18. The molecule has 1 aliphatic rings. The Morgan fingerprint density at radius 2 is 2.27 bits per heavy atom. The maximum Gasteiger partial charge on any atom is 0.0528 e. The number of rotatable bonds is 2. The molecule has 0 aromatic heterocycles. The van der Waals surface area contributed by atoms with Gasteiger partial charge in [-0.3, -0.25) is 0 Å². The van der Waals surface area contributed by atoms with E-state index >= 15 is 0 Å². The summed E-state index contributed by atoms with van der Waals surface area (Å²) in [4.78, 5) is 0. The van der Waals surface area contributed by atoms with Crippen molar-refractivity contribution in [3.05, 3.63) is 12.2 Å². The maximum atomic E-state index is 5.36. The van der Waals surface area contributed by atoms with Crippen LogP contribution < -0.4 is 0 Å². The second-order valence-corrected chi connectivity index (χ2v) is 3.61. The number of hydrogen-bond donors (Lipinski definition) is 0. The molecule has 1 unspecified atom stereocenters. The van der Waals surface area contributed by atoms with Crippen LogP contribution >= 0.6 is 0 Å². The normalized spacial score (nSPS) is 26.6. The third-order valence-corrected chi connectivity index (χ3v) is 1.96. The van der Waals surface area contributed by atoms with Gasteiger partial charge in [-0.2, -0.15) is 0 Å². The van der Waals surface area contributed by atoms with Crippen molar-refractivity contribution < 1.29 is 4.74 Å². The van der Waals surface area contributed by atoms with Crippen molar-refractivity contribution in [3.63, 3.8) is 0 Å². The molecule has 0 radical (unpaired) electrons. The van der Waals surface area contributed by atoms with Crippen molar-refractivity contribution in [2.24, 2.45) is 11.8 Å². The summed E-state index contributed by atoms with van der Waals surface area (Å²) >= 11 is 0. The van der Waals surface area contributed by atoms with Gasteiger partial charge in [-0.15, -0.1) is 0 Å². The fourth-order valence-electron chi connectivity index (χ4n) is 1.30. The minimum Gasteiger partial charge on any atom is -0.381 e. The predicted molar refractivity (Wildman–Crippen MR) is 47.5 cm³/mol. The number of hydrogen-bond acceptors (Lipinski definition) is 1. The first kappa shape index (κ1) is 8.79. The van der Waals surface area contributed by atoms with Crippen LogP contribution in [-0.4, -0.2) is 13.2 Å². The van der Waals surface area contributed by atoms with Gasteiger partial charge in [-0.1, -0.05) is 26.0 Å². The number of allylic oxidation sites excluding steroid dienone is 1. The van der Waals surface area contributed by atoms with E-state index in [-0.39, 0.29) is 0 Å². The van der Waals surface area contributed by atoms with E-state index in [1.165, 1.54) is 12.8 Å². The lowest BCUT2D eigenvalue weighted by atomic mass is 10.0.